The first-order valence-electron chi connectivity index (χ1n) is 18.1. The number of aromatic amines is 1. The van der Waals surface area contributed by atoms with Gasteiger partial charge in [0.1, 0.15) is 17.9 Å². The summed E-state index contributed by atoms with van der Waals surface area (Å²) in [5.74, 6) is -0.568. The Hall–Kier alpha value is -5.02. The lowest BCUT2D eigenvalue weighted by Crippen LogP contribution is -2.60. The van der Waals surface area contributed by atoms with E-state index in [-0.39, 0.29) is 37.4 Å². The maximum absolute atomic E-state index is 14.3. The van der Waals surface area contributed by atoms with Crippen LogP contribution in [0.15, 0.2) is 60.9 Å². The smallest absolute Gasteiger partial charge is 0.407 e. The zero-order chi connectivity index (χ0) is 38.7. The van der Waals surface area contributed by atoms with E-state index in [2.05, 4.69) is 31.0 Å². The minimum atomic E-state index is -1.20. The predicted molar refractivity (Wildman–Crippen MR) is 199 cm³/mol. The number of pyridine rings is 1. The molecule has 1 aromatic carbocycles. The highest BCUT2D eigenvalue weighted by Crippen LogP contribution is 2.23. The van der Waals surface area contributed by atoms with Crippen LogP contribution in [0.5, 0.6) is 0 Å². The first-order chi connectivity index (χ1) is 25.2. The number of aliphatic hydroxyl groups is 1. The number of amides is 5. The summed E-state index contributed by atoms with van der Waals surface area (Å²) < 4.78 is 4.76. The predicted octanol–water partition coefficient (Wildman–Crippen LogP) is 3.16. The van der Waals surface area contributed by atoms with Crippen LogP contribution in [0.3, 0.4) is 0 Å². The normalized spacial score (nSPS) is 16.1. The molecule has 288 valence electrons. The Labute approximate surface area is 311 Å². The Morgan fingerprint density at radius 1 is 1.06 bits per heavy atom. The number of aromatic nitrogens is 3. The standard InChI is InChI=1S/C38H55N9O6/c1-8-25(2)32(47-20-19-45(37(47)52)22-28-16-12-13-26(3)41-28)34(49)42-29(21-27-14-10-9-11-15-27)30(48)23-46(24-31-39-17-18-40-31)44-35(50)33(38(4,5)6)43-36(51)53-7/h9-18,25,29-30,32-33,48H,8,19-24H2,1-7H3,(H,39,40)(H,42,49)(H,43,51)(H,44,50)/t25-,29-,30-,32-,33+/m0/s1. The van der Waals surface area contributed by atoms with Crippen LogP contribution in [0.4, 0.5) is 9.59 Å². The van der Waals surface area contributed by atoms with Crippen molar-refractivity contribution in [2.75, 3.05) is 26.7 Å². The molecule has 0 radical (unpaired) electrons. The van der Waals surface area contributed by atoms with Gasteiger partial charge in [0.05, 0.1) is 38.0 Å². The molecule has 15 heteroatoms. The number of nitrogens with one attached hydrogen (secondary N) is 4. The average molecular weight is 734 g/mol. The van der Waals surface area contributed by atoms with Crippen molar-refractivity contribution in [3.8, 4) is 0 Å². The van der Waals surface area contributed by atoms with Gasteiger partial charge in [-0.2, -0.15) is 0 Å². The van der Waals surface area contributed by atoms with Gasteiger partial charge in [0, 0.05) is 37.7 Å². The number of hydrogen-bond donors (Lipinski definition) is 5. The number of carbonyl (C=O) groups is 4. The number of ether oxygens (including phenoxy) is 1. The Bertz CT molecular complexity index is 1650. The largest absolute Gasteiger partial charge is 0.453 e. The van der Waals surface area contributed by atoms with Crippen LogP contribution in [0.2, 0.25) is 0 Å². The van der Waals surface area contributed by atoms with Gasteiger partial charge in [-0.05, 0) is 42.4 Å². The van der Waals surface area contributed by atoms with Gasteiger partial charge in [-0.3, -0.25) is 20.0 Å². The van der Waals surface area contributed by atoms with Gasteiger partial charge in [0.2, 0.25) is 5.91 Å². The highest BCUT2D eigenvalue weighted by molar-refractivity contribution is 5.88. The highest BCUT2D eigenvalue weighted by atomic mass is 16.5. The van der Waals surface area contributed by atoms with Crippen LogP contribution in [0.25, 0.3) is 0 Å². The van der Waals surface area contributed by atoms with E-state index in [9.17, 15) is 24.3 Å². The Balaban J connectivity index is 1.57. The zero-order valence-corrected chi connectivity index (χ0v) is 31.8. The molecule has 0 unspecified atom stereocenters. The SMILES string of the molecule is CC[C@H](C)[C@@H](C(=O)N[C@@H](Cc1ccccc1)[C@@H](O)CN(Cc1ncc[nH]1)NC(=O)[C@@H](NC(=O)OC)C(C)(C)C)N1CCN(Cc2cccc(C)n2)C1=O. The van der Waals surface area contributed by atoms with Gasteiger partial charge in [-0.15, -0.1) is 0 Å². The number of rotatable bonds is 17. The Morgan fingerprint density at radius 3 is 2.42 bits per heavy atom. The number of aryl methyl sites for hydroxylation is 1. The van der Waals surface area contributed by atoms with Crippen molar-refractivity contribution in [1.29, 1.82) is 0 Å². The fourth-order valence-electron chi connectivity index (χ4n) is 6.38. The highest BCUT2D eigenvalue weighted by Gasteiger charge is 2.41. The third-order valence-electron chi connectivity index (χ3n) is 9.45. The fraction of sp³-hybridized carbons (Fsp3) is 0.526. The molecular formula is C38H55N9O6. The van der Waals surface area contributed by atoms with Crippen molar-refractivity contribution in [1.82, 2.24) is 45.8 Å². The molecule has 15 nitrogen and oxygen atoms in total. The lowest BCUT2D eigenvalue weighted by molar-refractivity contribution is -0.133. The van der Waals surface area contributed by atoms with Crippen LogP contribution in [0.1, 0.15) is 63.8 Å². The van der Waals surface area contributed by atoms with Crippen molar-refractivity contribution >= 4 is 23.9 Å². The van der Waals surface area contributed by atoms with Crippen molar-refractivity contribution in [2.24, 2.45) is 11.3 Å². The molecule has 1 aliphatic rings. The van der Waals surface area contributed by atoms with E-state index in [1.807, 2.05) is 90.1 Å². The second-order valence-electron chi connectivity index (χ2n) is 14.7. The summed E-state index contributed by atoms with van der Waals surface area (Å²) in [6.07, 6.45) is 2.18. The van der Waals surface area contributed by atoms with Crippen LogP contribution in [0, 0.1) is 18.3 Å². The van der Waals surface area contributed by atoms with E-state index >= 15 is 0 Å². The van der Waals surface area contributed by atoms with Gasteiger partial charge in [0.15, 0.2) is 0 Å². The number of hydrazine groups is 1. The monoisotopic (exact) mass is 733 g/mol. The fourth-order valence-corrected chi connectivity index (χ4v) is 6.38. The number of imidazole rings is 1. The van der Waals surface area contributed by atoms with Crippen molar-refractivity contribution in [2.45, 2.75) is 91.7 Å². The second kappa shape index (κ2) is 18.6. The average Bonchev–Trinajstić information content (AvgIpc) is 3.76. The summed E-state index contributed by atoms with van der Waals surface area (Å²) in [5, 5.41) is 19.1. The number of methoxy groups -OCH3 is 1. The summed E-state index contributed by atoms with van der Waals surface area (Å²) in [5.41, 5.74) is 4.67. The molecule has 0 bridgehead atoms. The van der Waals surface area contributed by atoms with E-state index in [1.165, 1.54) is 12.1 Å². The molecule has 5 atom stereocenters. The molecule has 0 spiro atoms. The molecule has 5 N–H and O–H groups in total. The first-order valence-corrected chi connectivity index (χ1v) is 18.1. The second-order valence-corrected chi connectivity index (χ2v) is 14.7. The van der Waals surface area contributed by atoms with Crippen LogP contribution >= 0.6 is 0 Å². The summed E-state index contributed by atoms with van der Waals surface area (Å²) in [4.78, 5) is 69.2. The number of alkyl carbamates (subject to hydrolysis) is 1. The van der Waals surface area contributed by atoms with Crippen molar-refractivity contribution < 1.29 is 29.0 Å². The number of aliphatic hydroxyl groups excluding tert-OH is 1. The summed E-state index contributed by atoms with van der Waals surface area (Å²) in [6.45, 7) is 12.4. The molecule has 53 heavy (non-hydrogen) atoms. The summed E-state index contributed by atoms with van der Waals surface area (Å²) in [7, 11) is 1.22. The van der Waals surface area contributed by atoms with Gasteiger partial charge < -0.3 is 35.3 Å². The Kier molecular flexibility index (Phi) is 14.3. The maximum Gasteiger partial charge on any atom is 0.407 e. The molecule has 1 aliphatic heterocycles. The van der Waals surface area contributed by atoms with Crippen molar-refractivity contribution in [3.63, 3.8) is 0 Å². The van der Waals surface area contributed by atoms with Gasteiger partial charge >= 0.3 is 12.1 Å². The molecule has 3 aromatic rings. The third kappa shape index (κ3) is 11.5. The third-order valence-corrected chi connectivity index (χ3v) is 9.45. The molecule has 0 saturated carbocycles. The summed E-state index contributed by atoms with van der Waals surface area (Å²) >= 11 is 0. The maximum atomic E-state index is 14.3. The quantitative estimate of drug-likeness (QED) is 0.130. The number of benzene rings is 1. The van der Waals surface area contributed by atoms with Crippen LogP contribution in [-0.4, -0.2) is 110 Å². The Morgan fingerprint density at radius 2 is 1.79 bits per heavy atom. The van der Waals surface area contributed by atoms with Gasteiger partial charge in [0.25, 0.3) is 5.91 Å². The van der Waals surface area contributed by atoms with Gasteiger partial charge in [-0.25, -0.2) is 19.6 Å². The molecular weight excluding hydrogens is 678 g/mol. The number of nitrogens with zero attached hydrogens (tertiary/aromatic N) is 5. The minimum absolute atomic E-state index is 0.0836. The molecule has 1 fully saturated rings. The zero-order valence-electron chi connectivity index (χ0n) is 31.8. The van der Waals surface area contributed by atoms with E-state index in [0.717, 1.165) is 17.0 Å². The minimum Gasteiger partial charge on any atom is -0.453 e. The summed E-state index contributed by atoms with van der Waals surface area (Å²) in [6, 6.07) is 12.3. The number of hydrogen-bond acceptors (Lipinski definition) is 9. The molecule has 5 amide bonds. The lowest BCUT2D eigenvalue weighted by atomic mass is 9.86. The van der Waals surface area contributed by atoms with Crippen LogP contribution in [-0.2, 0) is 33.8 Å². The van der Waals surface area contributed by atoms with E-state index in [0.29, 0.717) is 31.9 Å². The number of urea groups is 1. The first kappa shape index (κ1) is 40.7. The van der Waals surface area contributed by atoms with E-state index < -0.39 is 41.6 Å². The topological polar surface area (TPSA) is 185 Å². The molecule has 1 saturated heterocycles. The lowest BCUT2D eigenvalue weighted by Gasteiger charge is -2.35. The number of H-pyrrole nitrogens is 1. The van der Waals surface area contributed by atoms with Crippen molar-refractivity contribution in [3.05, 3.63) is 83.7 Å². The molecule has 4 rings (SSSR count). The number of carbonyl (C=O) groups excluding carboxylic acids is 4. The molecule has 3 heterocycles. The molecule has 0 aliphatic carbocycles. The van der Waals surface area contributed by atoms with Gasteiger partial charge in [-0.1, -0.05) is 77.4 Å². The van der Waals surface area contributed by atoms with E-state index in [1.54, 1.807) is 22.2 Å². The van der Waals surface area contributed by atoms with Crippen LogP contribution < -0.4 is 16.1 Å². The molecule has 2 aromatic heterocycles. The van der Waals surface area contributed by atoms with E-state index in [4.69, 9.17) is 4.74 Å².